The summed E-state index contributed by atoms with van der Waals surface area (Å²) in [5.74, 6) is -0.753. The number of rotatable bonds is 6. The third kappa shape index (κ3) is 6.30. The number of anilines is 1. The molecule has 0 saturated heterocycles. The van der Waals surface area contributed by atoms with Crippen LogP contribution in [-0.4, -0.2) is 32.7 Å². The Bertz CT molecular complexity index is 393. The van der Waals surface area contributed by atoms with E-state index in [2.05, 4.69) is 26.6 Å². The molecule has 1 rings (SSSR count). The summed E-state index contributed by atoms with van der Waals surface area (Å²) in [5.41, 5.74) is 0.165. The maximum Gasteiger partial charge on any atom is 0.238 e. The maximum absolute atomic E-state index is 13.3. The number of hydrogen-bond acceptors (Lipinski definition) is 3. The fourth-order valence-corrected chi connectivity index (χ4v) is 1.52. The normalized spacial score (nSPS) is 9.72. The van der Waals surface area contributed by atoms with Crippen LogP contribution in [0.15, 0.2) is 22.7 Å². The van der Waals surface area contributed by atoms with Gasteiger partial charge in [0.1, 0.15) is 5.82 Å². The lowest BCUT2D eigenvalue weighted by molar-refractivity contribution is -0.115. The van der Waals surface area contributed by atoms with Gasteiger partial charge < -0.3 is 15.4 Å². The van der Waals surface area contributed by atoms with E-state index in [4.69, 9.17) is 4.74 Å². The summed E-state index contributed by atoms with van der Waals surface area (Å²) < 4.78 is 18.8. The van der Waals surface area contributed by atoms with Crippen molar-refractivity contribution in [1.29, 1.82) is 0 Å². The van der Waals surface area contributed by atoms with Crippen molar-refractivity contribution in [2.75, 3.05) is 32.1 Å². The van der Waals surface area contributed by atoms with Crippen molar-refractivity contribution in [1.82, 2.24) is 5.32 Å². The summed E-state index contributed by atoms with van der Waals surface area (Å²) >= 11 is 3.21. The van der Waals surface area contributed by atoms with Gasteiger partial charge >= 0.3 is 0 Å². The van der Waals surface area contributed by atoms with Crippen LogP contribution in [0.5, 0.6) is 0 Å². The monoisotopic (exact) mass is 340 g/mol. The Morgan fingerprint density at radius 3 is 2.89 bits per heavy atom. The van der Waals surface area contributed by atoms with E-state index in [0.29, 0.717) is 17.6 Å². The number of methoxy groups -OCH3 is 1. The topological polar surface area (TPSA) is 50.4 Å². The highest BCUT2D eigenvalue weighted by molar-refractivity contribution is 9.10. The molecule has 0 fully saturated rings. The Balaban J connectivity index is 0.00000289. The number of ether oxygens (including phenoxy) is 1. The summed E-state index contributed by atoms with van der Waals surface area (Å²) in [7, 11) is 1.58. The van der Waals surface area contributed by atoms with Crippen LogP contribution in [-0.2, 0) is 9.53 Å². The number of carbonyl (C=O) groups is 1. The first-order valence-corrected chi connectivity index (χ1v) is 5.87. The van der Waals surface area contributed by atoms with Crippen LogP contribution in [0.2, 0.25) is 0 Å². The summed E-state index contributed by atoms with van der Waals surface area (Å²) in [6.07, 6.45) is 0. The molecule has 1 aromatic rings. The van der Waals surface area contributed by atoms with Gasteiger partial charge in [-0.05, 0) is 18.2 Å². The number of amides is 1. The quantitative estimate of drug-likeness (QED) is 0.780. The lowest BCUT2D eigenvalue weighted by Gasteiger charge is -2.07. The van der Waals surface area contributed by atoms with Gasteiger partial charge in [0.05, 0.1) is 18.8 Å². The largest absolute Gasteiger partial charge is 0.383 e. The number of benzene rings is 1. The van der Waals surface area contributed by atoms with Gasteiger partial charge in [0.25, 0.3) is 0 Å². The molecule has 2 N–H and O–H groups in total. The first-order chi connectivity index (χ1) is 8.13. The molecular weight excluding hydrogens is 326 g/mol. The number of hydrogen-bond donors (Lipinski definition) is 2. The van der Waals surface area contributed by atoms with Crippen LogP contribution in [0.25, 0.3) is 0 Å². The van der Waals surface area contributed by atoms with E-state index < -0.39 is 5.82 Å². The Labute approximate surface area is 120 Å². The molecule has 1 amide bonds. The van der Waals surface area contributed by atoms with Gasteiger partial charge in [-0.15, -0.1) is 12.4 Å². The predicted octanol–water partition coefficient (Wildman–Crippen LogP) is 2.18. The molecular formula is C11H15BrClFN2O2. The molecule has 0 heterocycles. The van der Waals surface area contributed by atoms with Crippen molar-refractivity contribution in [2.45, 2.75) is 0 Å². The van der Waals surface area contributed by atoms with Gasteiger partial charge in [-0.1, -0.05) is 15.9 Å². The zero-order valence-corrected chi connectivity index (χ0v) is 12.2. The van der Waals surface area contributed by atoms with Crippen molar-refractivity contribution in [3.05, 3.63) is 28.5 Å². The SMILES string of the molecule is COCCNCC(=O)Nc1cc(Br)ccc1F.Cl. The van der Waals surface area contributed by atoms with E-state index >= 15 is 0 Å². The molecule has 0 atom stereocenters. The van der Waals surface area contributed by atoms with Crippen LogP contribution < -0.4 is 10.6 Å². The molecule has 0 aromatic heterocycles. The van der Waals surface area contributed by atoms with E-state index in [0.717, 1.165) is 0 Å². The zero-order chi connectivity index (χ0) is 12.7. The minimum Gasteiger partial charge on any atom is -0.383 e. The Hall–Kier alpha value is -0.690. The smallest absolute Gasteiger partial charge is 0.238 e. The third-order valence-electron chi connectivity index (χ3n) is 1.97. The second-order valence-electron chi connectivity index (χ2n) is 3.34. The second-order valence-corrected chi connectivity index (χ2v) is 4.26. The van der Waals surface area contributed by atoms with E-state index in [1.807, 2.05) is 0 Å². The van der Waals surface area contributed by atoms with Crippen LogP contribution in [0, 0.1) is 5.82 Å². The zero-order valence-electron chi connectivity index (χ0n) is 9.83. The average Bonchev–Trinajstić information content (AvgIpc) is 2.29. The van der Waals surface area contributed by atoms with Gasteiger partial charge in [-0.25, -0.2) is 4.39 Å². The second kappa shape index (κ2) is 9.27. The fourth-order valence-electron chi connectivity index (χ4n) is 1.16. The molecule has 0 aliphatic heterocycles. The van der Waals surface area contributed by atoms with Crippen LogP contribution in [0.1, 0.15) is 0 Å². The summed E-state index contributed by atoms with van der Waals surface area (Å²) in [6.45, 7) is 1.22. The summed E-state index contributed by atoms with van der Waals surface area (Å²) in [5, 5.41) is 5.35. The van der Waals surface area contributed by atoms with E-state index in [1.54, 1.807) is 13.2 Å². The molecule has 0 bridgehead atoms. The lowest BCUT2D eigenvalue weighted by Crippen LogP contribution is -2.30. The molecule has 0 spiro atoms. The van der Waals surface area contributed by atoms with Crippen molar-refractivity contribution in [3.63, 3.8) is 0 Å². The van der Waals surface area contributed by atoms with Gasteiger partial charge in [0.2, 0.25) is 5.91 Å². The minimum absolute atomic E-state index is 0. The molecule has 18 heavy (non-hydrogen) atoms. The molecule has 102 valence electrons. The third-order valence-corrected chi connectivity index (χ3v) is 2.46. The number of carbonyl (C=O) groups excluding carboxylic acids is 1. The number of nitrogens with one attached hydrogen (secondary N) is 2. The maximum atomic E-state index is 13.3. The van der Waals surface area contributed by atoms with Crippen LogP contribution >= 0.6 is 28.3 Å². The molecule has 0 aliphatic carbocycles. The average molecular weight is 342 g/mol. The predicted molar refractivity (Wildman–Crippen MR) is 74.7 cm³/mol. The van der Waals surface area contributed by atoms with E-state index in [9.17, 15) is 9.18 Å². The van der Waals surface area contributed by atoms with Crippen LogP contribution in [0.4, 0.5) is 10.1 Å². The first kappa shape index (κ1) is 17.3. The van der Waals surface area contributed by atoms with Gasteiger partial charge in [-0.3, -0.25) is 4.79 Å². The highest BCUT2D eigenvalue weighted by Crippen LogP contribution is 2.19. The Kier molecular flexibility index (Phi) is 8.91. The standard InChI is InChI=1S/C11H14BrFN2O2.ClH/c1-17-5-4-14-7-11(16)15-10-6-8(12)2-3-9(10)13;/h2-3,6,14H,4-5,7H2,1H3,(H,15,16);1H. The summed E-state index contributed by atoms with van der Waals surface area (Å²) in [6, 6.07) is 4.38. The molecule has 0 aliphatic rings. The van der Waals surface area contributed by atoms with Gasteiger partial charge in [0, 0.05) is 18.1 Å². The molecule has 0 unspecified atom stereocenters. The van der Waals surface area contributed by atoms with Gasteiger partial charge in [0.15, 0.2) is 0 Å². The summed E-state index contributed by atoms with van der Waals surface area (Å²) in [4.78, 5) is 11.4. The Morgan fingerprint density at radius 2 is 2.22 bits per heavy atom. The molecule has 0 radical (unpaired) electrons. The van der Waals surface area contributed by atoms with Crippen molar-refractivity contribution in [2.24, 2.45) is 0 Å². The number of halogens is 3. The molecule has 7 heteroatoms. The van der Waals surface area contributed by atoms with E-state index in [-0.39, 0.29) is 30.5 Å². The van der Waals surface area contributed by atoms with Crippen LogP contribution in [0.3, 0.4) is 0 Å². The first-order valence-electron chi connectivity index (χ1n) is 5.08. The van der Waals surface area contributed by atoms with Crippen molar-refractivity contribution >= 4 is 39.9 Å². The van der Waals surface area contributed by atoms with Crippen molar-refractivity contribution < 1.29 is 13.9 Å². The molecule has 4 nitrogen and oxygen atoms in total. The Morgan fingerprint density at radius 1 is 1.50 bits per heavy atom. The van der Waals surface area contributed by atoms with Crippen molar-refractivity contribution in [3.8, 4) is 0 Å². The molecule has 0 saturated carbocycles. The fraction of sp³-hybridized carbons (Fsp3) is 0.364. The van der Waals surface area contributed by atoms with E-state index in [1.165, 1.54) is 12.1 Å². The van der Waals surface area contributed by atoms with Gasteiger partial charge in [-0.2, -0.15) is 0 Å². The minimum atomic E-state index is -0.460. The highest BCUT2D eigenvalue weighted by Gasteiger charge is 2.06. The molecule has 1 aromatic carbocycles. The lowest BCUT2D eigenvalue weighted by atomic mass is 10.3. The highest BCUT2D eigenvalue weighted by atomic mass is 79.9.